The van der Waals surface area contributed by atoms with E-state index >= 15 is 0 Å². The van der Waals surface area contributed by atoms with Crippen LogP contribution in [0.15, 0.2) is 54.9 Å². The van der Waals surface area contributed by atoms with E-state index in [1.165, 1.54) is 0 Å². The topological polar surface area (TPSA) is 49.6 Å². The van der Waals surface area contributed by atoms with Crippen molar-refractivity contribution in [3.8, 4) is 0 Å². The third kappa shape index (κ3) is 3.12. The first-order valence-electron chi connectivity index (χ1n) is 7.11. The molecule has 4 heteroatoms. The Balaban J connectivity index is 1.59. The summed E-state index contributed by atoms with van der Waals surface area (Å²) in [7, 11) is 0. The fourth-order valence-electron chi connectivity index (χ4n) is 2.48. The van der Waals surface area contributed by atoms with Crippen molar-refractivity contribution in [2.24, 2.45) is 0 Å². The molecule has 0 amide bonds. The molecule has 3 rings (SSSR count). The van der Waals surface area contributed by atoms with Gasteiger partial charge in [0.05, 0.1) is 11.8 Å². The van der Waals surface area contributed by atoms with Crippen molar-refractivity contribution in [3.63, 3.8) is 0 Å². The Morgan fingerprint density at radius 3 is 2.81 bits per heavy atom. The predicted octanol–water partition coefficient (Wildman–Crippen LogP) is 2.47. The van der Waals surface area contributed by atoms with Gasteiger partial charge in [-0.25, -0.2) is 4.98 Å². The average molecular weight is 281 g/mol. The van der Waals surface area contributed by atoms with Crippen LogP contribution < -0.4 is 5.32 Å². The van der Waals surface area contributed by atoms with E-state index in [1.54, 1.807) is 0 Å². The first-order chi connectivity index (χ1) is 10.2. The molecule has 108 valence electrons. The number of aromatic nitrogens is 2. The molecular formula is C17H19N3O. The zero-order chi connectivity index (χ0) is 14.7. The number of aliphatic hydroxyl groups is 1. The maximum absolute atomic E-state index is 10.2. The number of rotatable bonds is 5. The molecule has 1 unspecified atom stereocenters. The zero-order valence-electron chi connectivity index (χ0n) is 12.0. The second-order valence-corrected chi connectivity index (χ2v) is 5.20. The highest BCUT2D eigenvalue weighted by molar-refractivity contribution is 5.39. The summed E-state index contributed by atoms with van der Waals surface area (Å²) in [4.78, 5) is 4.52. The first-order valence-corrected chi connectivity index (χ1v) is 7.11. The highest BCUT2D eigenvalue weighted by Gasteiger charge is 2.09. The lowest BCUT2D eigenvalue weighted by Crippen LogP contribution is -2.21. The Labute approximate surface area is 124 Å². The molecular weight excluding hydrogens is 262 g/mol. The van der Waals surface area contributed by atoms with Crippen LogP contribution in [0.4, 0.5) is 0 Å². The van der Waals surface area contributed by atoms with Gasteiger partial charge in [0.1, 0.15) is 5.65 Å². The summed E-state index contributed by atoms with van der Waals surface area (Å²) in [6, 6.07) is 13.8. The van der Waals surface area contributed by atoms with E-state index in [4.69, 9.17) is 0 Å². The number of nitrogens with one attached hydrogen (secondary N) is 1. The van der Waals surface area contributed by atoms with Crippen LogP contribution in [0.5, 0.6) is 0 Å². The maximum atomic E-state index is 10.2. The molecule has 0 aliphatic rings. The number of pyridine rings is 1. The molecule has 0 aliphatic heterocycles. The van der Waals surface area contributed by atoms with E-state index in [-0.39, 0.29) is 0 Å². The van der Waals surface area contributed by atoms with Gasteiger partial charge in [-0.3, -0.25) is 0 Å². The Morgan fingerprint density at radius 2 is 2.00 bits per heavy atom. The molecule has 0 aliphatic carbocycles. The quantitative estimate of drug-likeness (QED) is 0.755. The van der Waals surface area contributed by atoms with E-state index in [1.807, 2.05) is 66.2 Å². The summed E-state index contributed by atoms with van der Waals surface area (Å²) in [6.07, 6.45) is 3.49. The fourth-order valence-corrected chi connectivity index (χ4v) is 2.48. The Kier molecular flexibility index (Phi) is 3.99. The molecule has 4 nitrogen and oxygen atoms in total. The van der Waals surface area contributed by atoms with Gasteiger partial charge < -0.3 is 14.8 Å². The predicted molar refractivity (Wildman–Crippen MR) is 83.0 cm³/mol. The van der Waals surface area contributed by atoms with Gasteiger partial charge in [-0.15, -0.1) is 0 Å². The van der Waals surface area contributed by atoms with Gasteiger partial charge in [0.25, 0.3) is 0 Å². The van der Waals surface area contributed by atoms with Gasteiger partial charge in [-0.2, -0.15) is 0 Å². The number of hydrogen-bond acceptors (Lipinski definition) is 3. The van der Waals surface area contributed by atoms with E-state index in [0.717, 1.165) is 22.5 Å². The van der Waals surface area contributed by atoms with Crippen LogP contribution in [0, 0.1) is 6.92 Å². The second kappa shape index (κ2) is 6.08. The molecule has 0 fully saturated rings. The second-order valence-electron chi connectivity index (χ2n) is 5.20. The summed E-state index contributed by atoms with van der Waals surface area (Å²) in [6.45, 7) is 3.17. The smallest absolute Gasteiger partial charge is 0.137 e. The summed E-state index contributed by atoms with van der Waals surface area (Å²) >= 11 is 0. The molecule has 2 aromatic heterocycles. The van der Waals surface area contributed by atoms with Gasteiger partial charge >= 0.3 is 0 Å². The number of nitrogens with zero attached hydrogens (tertiary/aromatic N) is 2. The monoisotopic (exact) mass is 281 g/mol. The van der Waals surface area contributed by atoms with E-state index in [9.17, 15) is 5.11 Å². The molecule has 21 heavy (non-hydrogen) atoms. The normalized spacial score (nSPS) is 12.7. The van der Waals surface area contributed by atoms with Gasteiger partial charge in [0.2, 0.25) is 0 Å². The molecule has 0 radical (unpaired) electrons. The molecule has 0 saturated carbocycles. The Bertz CT molecular complexity index is 702. The van der Waals surface area contributed by atoms with E-state index in [0.29, 0.717) is 13.1 Å². The molecule has 0 bridgehead atoms. The molecule has 1 aromatic carbocycles. The minimum absolute atomic E-state index is 0.497. The number of benzene rings is 1. The number of hydrogen-bond donors (Lipinski definition) is 2. The summed E-state index contributed by atoms with van der Waals surface area (Å²) < 4.78 is 1.99. The van der Waals surface area contributed by atoms with Crippen LogP contribution >= 0.6 is 0 Å². The molecule has 1 atom stereocenters. The van der Waals surface area contributed by atoms with Crippen LogP contribution in [0.2, 0.25) is 0 Å². The van der Waals surface area contributed by atoms with E-state index < -0.39 is 6.10 Å². The van der Waals surface area contributed by atoms with Gasteiger partial charge in [0, 0.05) is 25.5 Å². The van der Waals surface area contributed by atoms with Crippen molar-refractivity contribution in [1.82, 2.24) is 14.7 Å². The molecule has 3 aromatic rings. The van der Waals surface area contributed by atoms with Crippen molar-refractivity contribution in [1.29, 1.82) is 0 Å². The van der Waals surface area contributed by atoms with Gasteiger partial charge in [-0.1, -0.05) is 30.3 Å². The average Bonchev–Trinajstić information content (AvgIpc) is 2.90. The number of aryl methyl sites for hydroxylation is 1. The summed E-state index contributed by atoms with van der Waals surface area (Å²) in [5.74, 6) is 0. The largest absolute Gasteiger partial charge is 0.387 e. The van der Waals surface area contributed by atoms with Crippen molar-refractivity contribution < 1.29 is 5.11 Å². The Hall–Kier alpha value is -2.17. The Morgan fingerprint density at radius 1 is 1.19 bits per heavy atom. The molecule has 2 N–H and O–H groups in total. The highest BCUT2D eigenvalue weighted by Crippen LogP contribution is 2.16. The zero-order valence-corrected chi connectivity index (χ0v) is 12.0. The van der Waals surface area contributed by atoms with Crippen LogP contribution in [0.1, 0.15) is 22.9 Å². The minimum Gasteiger partial charge on any atom is -0.387 e. The lowest BCUT2D eigenvalue weighted by Gasteiger charge is -2.13. The van der Waals surface area contributed by atoms with Crippen molar-refractivity contribution in [3.05, 3.63) is 71.7 Å². The summed E-state index contributed by atoms with van der Waals surface area (Å²) in [5, 5.41) is 13.5. The number of fused-ring (bicyclic) bond motifs is 1. The van der Waals surface area contributed by atoms with Crippen LogP contribution in [0.25, 0.3) is 5.65 Å². The standard InChI is InChI=1S/C17H19N3O/c1-13-6-2-3-7-15(13)16(21)11-18-10-14-12-20-9-5-4-8-17(20)19-14/h2-9,12,16,18,21H,10-11H2,1H3. The summed E-state index contributed by atoms with van der Waals surface area (Å²) in [5.41, 5.74) is 3.99. The SMILES string of the molecule is Cc1ccccc1C(O)CNCc1cn2ccccc2n1. The van der Waals surface area contributed by atoms with E-state index in [2.05, 4.69) is 10.3 Å². The van der Waals surface area contributed by atoms with Crippen LogP contribution in [-0.2, 0) is 6.54 Å². The van der Waals surface area contributed by atoms with Crippen molar-refractivity contribution >= 4 is 5.65 Å². The lowest BCUT2D eigenvalue weighted by atomic mass is 10.0. The van der Waals surface area contributed by atoms with Crippen LogP contribution in [-0.4, -0.2) is 21.0 Å². The highest BCUT2D eigenvalue weighted by atomic mass is 16.3. The van der Waals surface area contributed by atoms with Gasteiger partial charge in [0.15, 0.2) is 0 Å². The maximum Gasteiger partial charge on any atom is 0.137 e. The fraction of sp³-hybridized carbons (Fsp3) is 0.235. The van der Waals surface area contributed by atoms with Crippen LogP contribution in [0.3, 0.4) is 0 Å². The van der Waals surface area contributed by atoms with Crippen molar-refractivity contribution in [2.75, 3.05) is 6.54 Å². The third-order valence-electron chi connectivity index (χ3n) is 3.61. The van der Waals surface area contributed by atoms with Gasteiger partial charge in [-0.05, 0) is 30.2 Å². The number of aliphatic hydroxyl groups excluding tert-OH is 1. The molecule has 0 spiro atoms. The third-order valence-corrected chi connectivity index (χ3v) is 3.61. The molecule has 0 saturated heterocycles. The number of imidazole rings is 1. The minimum atomic E-state index is -0.497. The first kappa shape index (κ1) is 13.8. The molecule has 2 heterocycles. The van der Waals surface area contributed by atoms with Crippen molar-refractivity contribution in [2.45, 2.75) is 19.6 Å². The lowest BCUT2D eigenvalue weighted by molar-refractivity contribution is 0.173.